The lowest BCUT2D eigenvalue weighted by Crippen LogP contribution is -2.54. The molecule has 1 aliphatic heterocycles. The monoisotopic (exact) mass is 319 g/mol. The number of aromatic nitrogens is 2. The van der Waals surface area contributed by atoms with E-state index in [0.29, 0.717) is 26.0 Å². The molecule has 124 valence electrons. The highest BCUT2D eigenvalue weighted by Crippen LogP contribution is 2.21. The van der Waals surface area contributed by atoms with Crippen LogP contribution in [0.5, 0.6) is 0 Å². The standard InChI is InChI=1S/C15H21N5O3/c1-3-23-20(12(2)21)14-5-4-13(8-16)19(9-14)10-15(22)18-7-6-17-11-18/h6-7,11,13-14H,3-5,9-10H2,1-2H3/t13-,14+/m0/s1. The van der Waals surface area contributed by atoms with Gasteiger partial charge >= 0.3 is 0 Å². The van der Waals surface area contributed by atoms with Crippen molar-refractivity contribution in [2.75, 3.05) is 19.7 Å². The van der Waals surface area contributed by atoms with Crippen molar-refractivity contribution in [3.8, 4) is 6.07 Å². The molecule has 0 unspecified atom stereocenters. The van der Waals surface area contributed by atoms with Gasteiger partial charge in [-0.1, -0.05) is 0 Å². The Bertz CT molecular complexity index is 580. The molecule has 0 spiro atoms. The van der Waals surface area contributed by atoms with Crippen molar-refractivity contribution in [2.45, 2.75) is 38.8 Å². The van der Waals surface area contributed by atoms with E-state index in [1.165, 1.54) is 29.1 Å². The number of imidazole rings is 1. The SMILES string of the molecule is CCON(C(C)=O)[C@@H]1CC[C@@H](C#N)N(CC(=O)n2ccnc2)C1. The summed E-state index contributed by atoms with van der Waals surface area (Å²) in [7, 11) is 0. The molecule has 0 aromatic carbocycles. The minimum Gasteiger partial charge on any atom is -0.277 e. The van der Waals surface area contributed by atoms with Crippen molar-refractivity contribution in [3.05, 3.63) is 18.7 Å². The van der Waals surface area contributed by atoms with Gasteiger partial charge in [-0.05, 0) is 19.8 Å². The number of rotatable bonds is 5. The largest absolute Gasteiger partial charge is 0.277 e. The Morgan fingerprint density at radius 1 is 1.48 bits per heavy atom. The van der Waals surface area contributed by atoms with Crippen LogP contribution in [0.25, 0.3) is 0 Å². The number of hydrogen-bond acceptors (Lipinski definition) is 6. The third kappa shape index (κ3) is 4.15. The summed E-state index contributed by atoms with van der Waals surface area (Å²) in [5.41, 5.74) is 0. The molecule has 0 N–H and O–H groups in total. The first-order chi connectivity index (χ1) is 11.1. The first-order valence-corrected chi connectivity index (χ1v) is 7.64. The smallest absolute Gasteiger partial charge is 0.246 e. The first-order valence-electron chi connectivity index (χ1n) is 7.64. The van der Waals surface area contributed by atoms with E-state index in [1.807, 2.05) is 6.92 Å². The van der Waals surface area contributed by atoms with Crippen LogP contribution in [0.15, 0.2) is 18.7 Å². The zero-order valence-corrected chi connectivity index (χ0v) is 13.4. The van der Waals surface area contributed by atoms with E-state index in [1.54, 1.807) is 11.1 Å². The van der Waals surface area contributed by atoms with Crippen LogP contribution in [0.3, 0.4) is 0 Å². The van der Waals surface area contributed by atoms with Crippen LogP contribution in [0.1, 0.15) is 31.5 Å². The molecule has 1 amide bonds. The molecule has 2 rings (SSSR count). The molecule has 1 aliphatic rings. The van der Waals surface area contributed by atoms with Crippen LogP contribution in [0.4, 0.5) is 0 Å². The van der Waals surface area contributed by atoms with Crippen LogP contribution in [-0.4, -0.2) is 63.1 Å². The van der Waals surface area contributed by atoms with E-state index in [4.69, 9.17) is 4.84 Å². The Balaban J connectivity index is 2.07. The molecule has 0 bridgehead atoms. The summed E-state index contributed by atoms with van der Waals surface area (Å²) in [6.45, 7) is 4.19. The molecule has 0 saturated carbocycles. The van der Waals surface area contributed by atoms with E-state index in [0.717, 1.165) is 0 Å². The Labute approximate surface area is 135 Å². The fourth-order valence-corrected chi connectivity index (χ4v) is 2.79. The van der Waals surface area contributed by atoms with Gasteiger partial charge in [0.2, 0.25) is 11.8 Å². The lowest BCUT2D eigenvalue weighted by molar-refractivity contribution is -0.202. The summed E-state index contributed by atoms with van der Waals surface area (Å²) in [5.74, 6) is -0.331. The summed E-state index contributed by atoms with van der Waals surface area (Å²) in [6.07, 6.45) is 5.81. The lowest BCUT2D eigenvalue weighted by atomic mass is 9.98. The van der Waals surface area contributed by atoms with Crippen molar-refractivity contribution in [1.82, 2.24) is 19.5 Å². The number of nitriles is 1. The van der Waals surface area contributed by atoms with Gasteiger partial charge in [0.25, 0.3) is 0 Å². The predicted molar refractivity (Wildman–Crippen MR) is 81.0 cm³/mol. The van der Waals surface area contributed by atoms with Gasteiger partial charge in [0.15, 0.2) is 0 Å². The molecule has 0 radical (unpaired) electrons. The summed E-state index contributed by atoms with van der Waals surface area (Å²) < 4.78 is 1.39. The second-order valence-electron chi connectivity index (χ2n) is 5.43. The highest BCUT2D eigenvalue weighted by Gasteiger charge is 2.34. The van der Waals surface area contributed by atoms with Crippen molar-refractivity contribution in [1.29, 1.82) is 5.26 Å². The normalized spacial score (nSPS) is 21.6. The molecule has 8 heteroatoms. The zero-order valence-electron chi connectivity index (χ0n) is 13.4. The molecule has 1 aromatic rings. The Kier molecular flexibility index (Phi) is 5.84. The fraction of sp³-hybridized carbons (Fsp3) is 0.600. The number of carbonyl (C=O) groups excluding carboxylic acids is 2. The van der Waals surface area contributed by atoms with E-state index >= 15 is 0 Å². The van der Waals surface area contributed by atoms with Crippen molar-refractivity contribution < 1.29 is 14.4 Å². The van der Waals surface area contributed by atoms with E-state index < -0.39 is 0 Å². The van der Waals surface area contributed by atoms with Gasteiger partial charge in [0.1, 0.15) is 6.33 Å². The van der Waals surface area contributed by atoms with Crippen molar-refractivity contribution in [2.24, 2.45) is 0 Å². The number of hydrogen-bond donors (Lipinski definition) is 0. The average molecular weight is 319 g/mol. The zero-order chi connectivity index (χ0) is 16.8. The topological polar surface area (TPSA) is 91.5 Å². The highest BCUT2D eigenvalue weighted by molar-refractivity contribution is 5.80. The number of amides is 1. The molecular formula is C15H21N5O3. The summed E-state index contributed by atoms with van der Waals surface area (Å²) >= 11 is 0. The predicted octanol–water partition coefficient (Wildman–Crippen LogP) is 0.680. The third-order valence-corrected chi connectivity index (χ3v) is 3.85. The first kappa shape index (κ1) is 17.1. The Hall–Kier alpha value is -2.24. The second kappa shape index (κ2) is 7.85. The minimum absolute atomic E-state index is 0.100. The lowest BCUT2D eigenvalue weighted by Gasteiger charge is -2.39. The summed E-state index contributed by atoms with van der Waals surface area (Å²) in [5, 5.41) is 10.7. The van der Waals surface area contributed by atoms with Crippen LogP contribution >= 0.6 is 0 Å². The van der Waals surface area contributed by atoms with Gasteiger partial charge in [-0.25, -0.2) is 10.0 Å². The van der Waals surface area contributed by atoms with E-state index in [9.17, 15) is 14.9 Å². The van der Waals surface area contributed by atoms with E-state index in [-0.39, 0.29) is 30.4 Å². The fourth-order valence-electron chi connectivity index (χ4n) is 2.79. The third-order valence-electron chi connectivity index (χ3n) is 3.85. The molecule has 2 heterocycles. The summed E-state index contributed by atoms with van der Waals surface area (Å²) in [4.78, 5) is 35.0. The van der Waals surface area contributed by atoms with Crippen molar-refractivity contribution in [3.63, 3.8) is 0 Å². The quantitative estimate of drug-likeness (QED) is 0.741. The maximum Gasteiger partial charge on any atom is 0.246 e. The number of nitrogens with zero attached hydrogens (tertiary/aromatic N) is 5. The molecule has 2 atom stereocenters. The number of hydroxylamine groups is 2. The highest BCUT2D eigenvalue weighted by atomic mass is 16.7. The minimum atomic E-state index is -0.339. The number of likely N-dealkylation sites (tertiary alicyclic amines) is 1. The van der Waals surface area contributed by atoms with Crippen LogP contribution in [0, 0.1) is 11.3 Å². The van der Waals surface area contributed by atoms with Gasteiger partial charge < -0.3 is 0 Å². The molecule has 23 heavy (non-hydrogen) atoms. The molecule has 1 fully saturated rings. The molecule has 0 aliphatic carbocycles. The van der Waals surface area contributed by atoms with E-state index in [2.05, 4.69) is 11.1 Å². The Morgan fingerprint density at radius 3 is 2.83 bits per heavy atom. The van der Waals surface area contributed by atoms with Gasteiger partial charge in [-0.3, -0.25) is 23.9 Å². The maximum atomic E-state index is 12.2. The van der Waals surface area contributed by atoms with Crippen LogP contribution in [-0.2, 0) is 9.63 Å². The van der Waals surface area contributed by atoms with Gasteiger partial charge in [-0.2, -0.15) is 5.26 Å². The van der Waals surface area contributed by atoms with Gasteiger partial charge in [0, 0.05) is 25.9 Å². The number of piperidine rings is 1. The van der Waals surface area contributed by atoms with Gasteiger partial charge in [0.05, 0.1) is 31.3 Å². The summed E-state index contributed by atoms with van der Waals surface area (Å²) in [6, 6.07) is 1.73. The Morgan fingerprint density at radius 2 is 2.26 bits per heavy atom. The number of carbonyl (C=O) groups is 2. The molecular weight excluding hydrogens is 298 g/mol. The van der Waals surface area contributed by atoms with Crippen LogP contribution < -0.4 is 0 Å². The average Bonchev–Trinajstić information content (AvgIpc) is 3.06. The van der Waals surface area contributed by atoms with Gasteiger partial charge in [-0.15, -0.1) is 0 Å². The maximum absolute atomic E-state index is 12.2. The second-order valence-corrected chi connectivity index (χ2v) is 5.43. The molecule has 8 nitrogen and oxygen atoms in total. The van der Waals surface area contributed by atoms with Crippen LogP contribution in [0.2, 0.25) is 0 Å². The molecule has 1 saturated heterocycles. The molecule has 1 aromatic heterocycles. The van der Waals surface area contributed by atoms with Crippen molar-refractivity contribution >= 4 is 11.8 Å².